The minimum Gasteiger partial charge on any atom is -0.408 e. The van der Waals surface area contributed by atoms with Gasteiger partial charge >= 0.3 is 5.76 Å². The Balaban J connectivity index is 1.88. The molecule has 0 spiro atoms. The summed E-state index contributed by atoms with van der Waals surface area (Å²) in [6.45, 7) is 4.92. The molecule has 0 aliphatic carbocycles. The van der Waals surface area contributed by atoms with Gasteiger partial charge in [-0.05, 0) is 30.9 Å². The van der Waals surface area contributed by atoms with Crippen molar-refractivity contribution in [2.24, 2.45) is 5.92 Å². The van der Waals surface area contributed by atoms with Crippen LogP contribution in [0.1, 0.15) is 26.7 Å². The maximum Gasteiger partial charge on any atom is 0.417 e. The van der Waals surface area contributed by atoms with Crippen LogP contribution in [0.2, 0.25) is 0 Å². The van der Waals surface area contributed by atoms with Crippen LogP contribution in [0.4, 0.5) is 0 Å². The first-order valence-corrected chi connectivity index (χ1v) is 9.70. The van der Waals surface area contributed by atoms with Crippen molar-refractivity contribution in [1.82, 2.24) is 14.6 Å². The molecule has 9 heteroatoms. The lowest BCUT2D eigenvalue weighted by Gasteiger charge is -2.26. The Kier molecular flexibility index (Phi) is 4.70. The molecule has 1 atom stereocenters. The van der Waals surface area contributed by atoms with Crippen molar-refractivity contribution in [2.75, 3.05) is 13.1 Å². The van der Waals surface area contributed by atoms with E-state index in [0.29, 0.717) is 18.6 Å². The lowest BCUT2D eigenvalue weighted by atomic mass is 10.0. The van der Waals surface area contributed by atoms with E-state index in [2.05, 4.69) is 9.71 Å². The van der Waals surface area contributed by atoms with Gasteiger partial charge in [0.2, 0.25) is 15.9 Å². The lowest BCUT2D eigenvalue weighted by Crippen LogP contribution is -2.50. The minimum atomic E-state index is -3.93. The van der Waals surface area contributed by atoms with Crippen LogP contribution in [0.25, 0.3) is 11.1 Å². The van der Waals surface area contributed by atoms with Gasteiger partial charge in [-0.2, -0.15) is 4.72 Å². The van der Waals surface area contributed by atoms with Crippen LogP contribution < -0.4 is 10.5 Å². The van der Waals surface area contributed by atoms with Gasteiger partial charge in [-0.25, -0.2) is 13.2 Å². The number of oxazole rings is 1. The van der Waals surface area contributed by atoms with Gasteiger partial charge in [0.1, 0.15) is 6.04 Å². The molecule has 1 amide bonds. The van der Waals surface area contributed by atoms with Crippen LogP contribution in [0.5, 0.6) is 0 Å². The molecule has 1 aromatic heterocycles. The Hall–Kier alpha value is -2.13. The molecule has 2 heterocycles. The summed E-state index contributed by atoms with van der Waals surface area (Å²) in [6, 6.07) is 3.26. The first kappa shape index (κ1) is 17.7. The molecular weight excluding hydrogens is 346 g/mol. The van der Waals surface area contributed by atoms with Gasteiger partial charge in [-0.3, -0.25) is 9.78 Å². The minimum absolute atomic E-state index is 0.0531. The molecule has 3 rings (SSSR count). The number of H-pyrrole nitrogens is 1. The summed E-state index contributed by atoms with van der Waals surface area (Å²) in [7, 11) is -3.93. The van der Waals surface area contributed by atoms with Gasteiger partial charge in [0.25, 0.3) is 0 Å². The molecular formula is C16H21N3O5S. The molecule has 2 N–H and O–H groups in total. The number of likely N-dealkylation sites (tertiary alicyclic amines) is 1. The number of nitrogens with zero attached hydrogens (tertiary/aromatic N) is 1. The van der Waals surface area contributed by atoms with E-state index in [1.54, 1.807) is 18.7 Å². The zero-order valence-electron chi connectivity index (χ0n) is 14.1. The van der Waals surface area contributed by atoms with E-state index >= 15 is 0 Å². The molecule has 1 aromatic carbocycles. The Bertz CT molecular complexity index is 938. The summed E-state index contributed by atoms with van der Waals surface area (Å²) in [5.74, 6) is -1.05. The van der Waals surface area contributed by atoms with Gasteiger partial charge in [0.05, 0.1) is 10.4 Å². The van der Waals surface area contributed by atoms with Crippen LogP contribution in [0, 0.1) is 5.92 Å². The summed E-state index contributed by atoms with van der Waals surface area (Å²) in [6.07, 6.45) is 1.87. The second-order valence-corrected chi connectivity index (χ2v) is 8.26. The van der Waals surface area contributed by atoms with E-state index in [4.69, 9.17) is 4.42 Å². The van der Waals surface area contributed by atoms with Gasteiger partial charge in [0, 0.05) is 19.2 Å². The molecule has 1 fully saturated rings. The molecule has 1 aliphatic rings. The Labute approximate surface area is 145 Å². The Morgan fingerprint density at radius 2 is 1.96 bits per heavy atom. The first-order valence-electron chi connectivity index (χ1n) is 8.22. The normalized spacial score (nSPS) is 16.7. The van der Waals surface area contributed by atoms with Crippen LogP contribution >= 0.6 is 0 Å². The highest BCUT2D eigenvalue weighted by Gasteiger charge is 2.32. The third-order valence-corrected chi connectivity index (χ3v) is 5.77. The topological polar surface area (TPSA) is 112 Å². The monoisotopic (exact) mass is 367 g/mol. The fourth-order valence-corrected chi connectivity index (χ4v) is 4.29. The van der Waals surface area contributed by atoms with Crippen LogP contribution in [0.3, 0.4) is 0 Å². The van der Waals surface area contributed by atoms with E-state index in [1.165, 1.54) is 18.2 Å². The standard InChI is InChI=1S/C16H21N3O5S/c1-10(2)14(15(20)19-7-3-4-8-19)18-25(22,23)11-5-6-12-13(9-11)24-16(21)17-12/h5-6,9-10,14,18H,3-4,7-8H2,1-2H3,(H,17,21)/t14-/m0/s1. The maximum absolute atomic E-state index is 12.7. The Morgan fingerprint density at radius 3 is 2.60 bits per heavy atom. The average Bonchev–Trinajstić information content (AvgIpc) is 3.19. The van der Waals surface area contributed by atoms with Crippen LogP contribution in [-0.2, 0) is 14.8 Å². The number of benzene rings is 1. The number of hydrogen-bond acceptors (Lipinski definition) is 5. The predicted molar refractivity (Wildman–Crippen MR) is 91.6 cm³/mol. The van der Waals surface area contributed by atoms with Crippen molar-refractivity contribution in [2.45, 2.75) is 37.6 Å². The SMILES string of the molecule is CC(C)[C@H](NS(=O)(=O)c1ccc2[nH]c(=O)oc2c1)C(=O)N1CCCC1. The van der Waals surface area contributed by atoms with Crippen molar-refractivity contribution < 1.29 is 17.6 Å². The number of hydrogen-bond donors (Lipinski definition) is 2. The summed E-state index contributed by atoms with van der Waals surface area (Å²) in [4.78, 5) is 28.0. The number of aromatic amines is 1. The zero-order valence-corrected chi connectivity index (χ0v) is 14.9. The number of aromatic nitrogens is 1. The largest absolute Gasteiger partial charge is 0.417 e. The fraction of sp³-hybridized carbons (Fsp3) is 0.500. The van der Waals surface area contributed by atoms with Crippen molar-refractivity contribution in [3.8, 4) is 0 Å². The number of carbonyl (C=O) groups excluding carboxylic acids is 1. The molecule has 2 aromatic rings. The zero-order chi connectivity index (χ0) is 18.2. The van der Waals surface area contributed by atoms with Gasteiger partial charge < -0.3 is 9.32 Å². The molecule has 0 saturated carbocycles. The van der Waals surface area contributed by atoms with Gasteiger partial charge in [-0.1, -0.05) is 13.8 Å². The number of sulfonamides is 1. The molecule has 0 unspecified atom stereocenters. The number of rotatable bonds is 5. The molecule has 1 aliphatic heterocycles. The van der Waals surface area contributed by atoms with Gasteiger partial charge in [-0.15, -0.1) is 0 Å². The van der Waals surface area contributed by atoms with Crippen molar-refractivity contribution in [3.05, 3.63) is 28.7 Å². The summed E-state index contributed by atoms with van der Waals surface area (Å²) >= 11 is 0. The third-order valence-electron chi connectivity index (χ3n) is 4.34. The highest BCUT2D eigenvalue weighted by molar-refractivity contribution is 7.89. The molecule has 8 nitrogen and oxygen atoms in total. The number of amides is 1. The Morgan fingerprint density at radius 1 is 1.28 bits per heavy atom. The van der Waals surface area contributed by atoms with E-state index in [9.17, 15) is 18.0 Å². The molecule has 0 radical (unpaired) electrons. The second kappa shape index (κ2) is 6.64. The maximum atomic E-state index is 12.7. The van der Waals surface area contributed by atoms with Crippen LogP contribution in [0.15, 0.2) is 32.3 Å². The fourth-order valence-electron chi connectivity index (χ4n) is 2.93. The average molecular weight is 367 g/mol. The van der Waals surface area contributed by atoms with Gasteiger partial charge in [0.15, 0.2) is 5.58 Å². The molecule has 136 valence electrons. The van der Waals surface area contributed by atoms with E-state index in [-0.39, 0.29) is 22.3 Å². The number of carbonyl (C=O) groups is 1. The van der Waals surface area contributed by atoms with Crippen molar-refractivity contribution in [3.63, 3.8) is 0 Å². The molecule has 1 saturated heterocycles. The highest BCUT2D eigenvalue weighted by atomic mass is 32.2. The highest BCUT2D eigenvalue weighted by Crippen LogP contribution is 2.19. The first-order chi connectivity index (χ1) is 11.8. The predicted octanol–water partition coefficient (Wildman–Crippen LogP) is 1.05. The molecule has 25 heavy (non-hydrogen) atoms. The van der Waals surface area contributed by atoms with E-state index < -0.39 is 21.8 Å². The van der Waals surface area contributed by atoms with E-state index in [0.717, 1.165) is 12.8 Å². The number of nitrogens with one attached hydrogen (secondary N) is 2. The quantitative estimate of drug-likeness (QED) is 0.820. The third kappa shape index (κ3) is 3.62. The van der Waals surface area contributed by atoms with Crippen molar-refractivity contribution in [1.29, 1.82) is 0 Å². The summed E-state index contributed by atoms with van der Waals surface area (Å²) in [5, 5.41) is 0. The second-order valence-electron chi connectivity index (χ2n) is 6.55. The van der Waals surface area contributed by atoms with Crippen LogP contribution in [-0.4, -0.2) is 43.3 Å². The van der Waals surface area contributed by atoms with E-state index in [1.807, 2.05) is 0 Å². The summed E-state index contributed by atoms with van der Waals surface area (Å²) < 4.78 is 32.8. The molecule has 0 bridgehead atoms. The smallest absolute Gasteiger partial charge is 0.408 e. The van der Waals surface area contributed by atoms with Crippen molar-refractivity contribution >= 4 is 27.0 Å². The number of fused-ring (bicyclic) bond motifs is 1. The summed E-state index contributed by atoms with van der Waals surface area (Å²) in [5.41, 5.74) is 0.567. The lowest BCUT2D eigenvalue weighted by molar-refractivity contribution is -0.132.